The van der Waals surface area contributed by atoms with Crippen LogP contribution in [-0.2, 0) is 6.42 Å². The zero-order valence-corrected chi connectivity index (χ0v) is 13.2. The summed E-state index contributed by atoms with van der Waals surface area (Å²) in [6, 6.07) is 0.681. The van der Waals surface area contributed by atoms with Crippen molar-refractivity contribution >= 4 is 0 Å². The molecule has 20 heavy (non-hydrogen) atoms. The van der Waals surface area contributed by atoms with Gasteiger partial charge in [0.1, 0.15) is 0 Å². The topological polar surface area (TPSA) is 51.0 Å². The van der Waals surface area contributed by atoms with Crippen LogP contribution in [0.5, 0.6) is 0 Å². The molecule has 2 aliphatic carbocycles. The Bertz CT molecular complexity index is 482. The second-order valence-electron chi connectivity index (χ2n) is 7.44. The van der Waals surface area contributed by atoms with Crippen LogP contribution in [0.3, 0.4) is 0 Å². The Hall–Kier alpha value is -0.900. The lowest BCUT2D eigenvalue weighted by Gasteiger charge is -2.39. The maximum atomic E-state index is 5.41. The van der Waals surface area contributed by atoms with E-state index in [0.29, 0.717) is 22.8 Å². The number of rotatable bonds is 5. The van der Waals surface area contributed by atoms with Gasteiger partial charge in [-0.2, -0.15) is 0 Å². The van der Waals surface area contributed by atoms with Gasteiger partial charge in [-0.3, -0.25) is 0 Å². The molecular weight excluding hydrogens is 250 g/mol. The molecule has 1 N–H and O–H groups in total. The summed E-state index contributed by atoms with van der Waals surface area (Å²) in [6.07, 6.45) is 6.10. The first kappa shape index (κ1) is 14.1. The smallest absolute Gasteiger partial charge is 0.216 e. The molecule has 1 aromatic heterocycles. The summed E-state index contributed by atoms with van der Waals surface area (Å²) in [4.78, 5) is 0. The second kappa shape index (κ2) is 4.83. The maximum Gasteiger partial charge on any atom is 0.216 e. The van der Waals surface area contributed by atoms with Crippen molar-refractivity contribution in [1.29, 1.82) is 0 Å². The predicted molar refractivity (Wildman–Crippen MR) is 78.4 cm³/mol. The molecule has 4 heteroatoms. The van der Waals surface area contributed by atoms with E-state index >= 15 is 0 Å². The molecule has 1 heterocycles. The van der Waals surface area contributed by atoms with Crippen LogP contribution in [0.25, 0.3) is 0 Å². The van der Waals surface area contributed by atoms with E-state index in [1.807, 2.05) is 6.92 Å². The van der Waals surface area contributed by atoms with E-state index in [0.717, 1.165) is 31.2 Å². The van der Waals surface area contributed by atoms with Crippen LogP contribution in [0.15, 0.2) is 4.42 Å². The van der Waals surface area contributed by atoms with Crippen molar-refractivity contribution in [2.24, 2.45) is 16.7 Å². The number of nitrogens with zero attached hydrogens (tertiary/aromatic N) is 2. The molecule has 2 aliphatic rings. The number of aryl methyl sites for hydroxylation is 2. The van der Waals surface area contributed by atoms with Crippen LogP contribution in [0.4, 0.5) is 0 Å². The quantitative estimate of drug-likeness (QED) is 0.840. The van der Waals surface area contributed by atoms with E-state index in [-0.39, 0.29) is 0 Å². The van der Waals surface area contributed by atoms with Crippen molar-refractivity contribution in [2.45, 2.75) is 65.8 Å². The molecule has 1 aromatic rings. The fourth-order valence-corrected chi connectivity index (χ4v) is 4.47. The van der Waals surface area contributed by atoms with Crippen molar-refractivity contribution in [3.63, 3.8) is 0 Å². The van der Waals surface area contributed by atoms with Crippen molar-refractivity contribution in [2.75, 3.05) is 6.54 Å². The number of nitrogens with one attached hydrogen (secondary N) is 1. The van der Waals surface area contributed by atoms with Crippen molar-refractivity contribution in [3.05, 3.63) is 11.8 Å². The lowest BCUT2D eigenvalue weighted by molar-refractivity contribution is 0.121. The van der Waals surface area contributed by atoms with E-state index in [1.54, 1.807) is 0 Å². The molecule has 0 aromatic carbocycles. The van der Waals surface area contributed by atoms with Gasteiger partial charge in [0.15, 0.2) is 0 Å². The van der Waals surface area contributed by atoms with E-state index in [1.165, 1.54) is 19.3 Å². The first-order valence-electron chi connectivity index (χ1n) is 7.96. The molecule has 0 aliphatic heterocycles. The molecule has 4 nitrogen and oxygen atoms in total. The molecular formula is C16H27N3O. The molecule has 3 unspecified atom stereocenters. The summed E-state index contributed by atoms with van der Waals surface area (Å²) >= 11 is 0. The Morgan fingerprint density at radius 1 is 1.30 bits per heavy atom. The highest BCUT2D eigenvalue weighted by atomic mass is 16.4. The summed E-state index contributed by atoms with van der Waals surface area (Å²) in [5.41, 5.74) is 0.965. The molecule has 3 atom stereocenters. The molecule has 2 saturated carbocycles. The first-order valence-corrected chi connectivity index (χ1v) is 7.96. The van der Waals surface area contributed by atoms with Crippen LogP contribution < -0.4 is 5.32 Å². The zero-order chi connectivity index (χ0) is 14.4. The number of hydrogen-bond donors (Lipinski definition) is 1. The standard InChI is InChI=1S/C16H27N3O/c1-11-18-19-14(20-11)6-5-9-17-13-10-12-7-8-16(13,4)15(12,2)3/h12-13,17H,5-10H2,1-4H3. The van der Waals surface area contributed by atoms with Gasteiger partial charge in [-0.05, 0) is 49.0 Å². The van der Waals surface area contributed by atoms with E-state index in [9.17, 15) is 0 Å². The van der Waals surface area contributed by atoms with Gasteiger partial charge in [-0.25, -0.2) is 0 Å². The van der Waals surface area contributed by atoms with Crippen LogP contribution in [-0.4, -0.2) is 22.8 Å². The molecule has 112 valence electrons. The molecule has 2 bridgehead atoms. The van der Waals surface area contributed by atoms with Gasteiger partial charge >= 0.3 is 0 Å². The SMILES string of the molecule is Cc1nnc(CCCNC2CC3CCC2(C)C3(C)C)o1. The lowest BCUT2D eigenvalue weighted by Crippen LogP contribution is -2.44. The van der Waals surface area contributed by atoms with Gasteiger partial charge in [0.2, 0.25) is 11.8 Å². The van der Waals surface area contributed by atoms with Crippen molar-refractivity contribution in [3.8, 4) is 0 Å². The van der Waals surface area contributed by atoms with Crippen molar-refractivity contribution in [1.82, 2.24) is 15.5 Å². The number of hydrogen-bond acceptors (Lipinski definition) is 4. The monoisotopic (exact) mass is 277 g/mol. The Labute approximate surface area is 121 Å². The Morgan fingerprint density at radius 2 is 2.10 bits per heavy atom. The third kappa shape index (κ3) is 2.09. The molecule has 0 amide bonds. The maximum absolute atomic E-state index is 5.41. The first-order chi connectivity index (χ1) is 9.43. The summed E-state index contributed by atoms with van der Waals surface area (Å²) in [7, 11) is 0. The van der Waals surface area contributed by atoms with Gasteiger partial charge in [0, 0.05) is 19.4 Å². The summed E-state index contributed by atoms with van der Waals surface area (Å²) in [5.74, 6) is 2.34. The van der Waals surface area contributed by atoms with Crippen LogP contribution >= 0.6 is 0 Å². The Morgan fingerprint density at radius 3 is 2.65 bits per heavy atom. The van der Waals surface area contributed by atoms with Crippen LogP contribution in [0, 0.1) is 23.7 Å². The predicted octanol–water partition coefficient (Wildman–Crippen LogP) is 3.12. The minimum atomic E-state index is 0.471. The lowest BCUT2D eigenvalue weighted by atomic mass is 9.69. The Balaban J connectivity index is 1.48. The molecule has 0 saturated heterocycles. The minimum Gasteiger partial charge on any atom is -0.426 e. The molecule has 2 fully saturated rings. The van der Waals surface area contributed by atoms with Crippen LogP contribution in [0.2, 0.25) is 0 Å². The average molecular weight is 277 g/mol. The van der Waals surface area contributed by atoms with Gasteiger partial charge < -0.3 is 9.73 Å². The summed E-state index contributed by atoms with van der Waals surface area (Å²) in [5, 5.41) is 11.7. The second-order valence-corrected chi connectivity index (χ2v) is 7.44. The van der Waals surface area contributed by atoms with Gasteiger partial charge in [0.05, 0.1) is 0 Å². The van der Waals surface area contributed by atoms with E-state index in [2.05, 4.69) is 36.3 Å². The summed E-state index contributed by atoms with van der Waals surface area (Å²) in [6.45, 7) is 10.3. The van der Waals surface area contributed by atoms with Gasteiger partial charge in [0.25, 0.3) is 0 Å². The zero-order valence-electron chi connectivity index (χ0n) is 13.2. The number of fused-ring (bicyclic) bond motifs is 2. The fraction of sp³-hybridized carbons (Fsp3) is 0.875. The highest BCUT2D eigenvalue weighted by Crippen LogP contribution is 2.65. The number of aromatic nitrogens is 2. The fourth-order valence-electron chi connectivity index (χ4n) is 4.47. The molecule has 0 radical (unpaired) electrons. The van der Waals surface area contributed by atoms with E-state index < -0.39 is 0 Å². The third-order valence-electron chi connectivity index (χ3n) is 6.32. The largest absolute Gasteiger partial charge is 0.426 e. The minimum absolute atomic E-state index is 0.471. The normalized spacial score (nSPS) is 34.8. The molecule has 3 rings (SSSR count). The Kier molecular flexibility index (Phi) is 3.39. The van der Waals surface area contributed by atoms with E-state index in [4.69, 9.17) is 4.42 Å². The highest BCUT2D eigenvalue weighted by molar-refractivity contribution is 5.12. The average Bonchev–Trinajstić information content (AvgIpc) is 2.95. The van der Waals surface area contributed by atoms with Crippen LogP contribution in [0.1, 0.15) is 58.2 Å². The summed E-state index contributed by atoms with van der Waals surface area (Å²) < 4.78 is 5.41. The van der Waals surface area contributed by atoms with Crippen molar-refractivity contribution < 1.29 is 4.42 Å². The van der Waals surface area contributed by atoms with Gasteiger partial charge in [-0.15, -0.1) is 10.2 Å². The molecule has 0 spiro atoms. The third-order valence-corrected chi connectivity index (χ3v) is 6.32. The highest BCUT2D eigenvalue weighted by Gasteiger charge is 2.60. The van der Waals surface area contributed by atoms with Gasteiger partial charge in [-0.1, -0.05) is 20.8 Å².